The Kier molecular flexibility index (Phi) is 7.72. The highest BCUT2D eigenvalue weighted by Crippen LogP contribution is 2.33. The topological polar surface area (TPSA) is 139 Å². The second-order valence-electron chi connectivity index (χ2n) is 9.55. The van der Waals surface area contributed by atoms with E-state index in [9.17, 15) is 14.9 Å². The van der Waals surface area contributed by atoms with E-state index in [4.69, 9.17) is 10.5 Å². The predicted octanol–water partition coefficient (Wildman–Crippen LogP) is 5.54. The number of nitrogens with one attached hydrogen (secondary N) is 1. The van der Waals surface area contributed by atoms with Crippen molar-refractivity contribution in [1.82, 2.24) is 4.98 Å². The molecule has 0 spiro atoms. The van der Waals surface area contributed by atoms with Gasteiger partial charge in [0.05, 0.1) is 30.1 Å². The molecule has 3 aromatic rings. The molecule has 1 atom stereocenters. The van der Waals surface area contributed by atoms with Gasteiger partial charge in [0.25, 0.3) is 5.91 Å². The zero-order valence-electron chi connectivity index (χ0n) is 21.3. The number of nitrogens with two attached hydrogens (primary N) is 1. The lowest BCUT2D eigenvalue weighted by atomic mass is 9.84. The number of nitrogens with zero attached hydrogens (tertiary/aromatic N) is 3. The molecule has 0 bridgehead atoms. The molecule has 3 rings (SSSR count). The molecule has 1 amide bonds. The number of nitroso groups, excluding NO2 is 1. The average Bonchev–Trinajstić information content (AvgIpc) is 2.87. The Balaban J connectivity index is 2.02. The molecule has 0 aliphatic heterocycles. The highest BCUT2D eigenvalue weighted by Gasteiger charge is 2.25. The smallest absolute Gasteiger partial charge is 0.259 e. The van der Waals surface area contributed by atoms with Crippen molar-refractivity contribution in [2.75, 3.05) is 12.4 Å². The van der Waals surface area contributed by atoms with Gasteiger partial charge in [-0.15, -0.1) is 0 Å². The van der Waals surface area contributed by atoms with Gasteiger partial charge in [0.1, 0.15) is 11.8 Å². The van der Waals surface area contributed by atoms with Crippen LogP contribution < -0.4 is 15.8 Å². The number of amidine groups is 1. The number of carbonyl (C=O) groups is 1. The number of aryl methyl sites for hydroxylation is 1. The van der Waals surface area contributed by atoms with Crippen LogP contribution in [0.3, 0.4) is 0 Å². The van der Waals surface area contributed by atoms with E-state index in [1.54, 1.807) is 25.3 Å². The highest BCUT2D eigenvalue weighted by atomic mass is 16.5. The van der Waals surface area contributed by atoms with Crippen LogP contribution in [0.5, 0.6) is 5.75 Å². The summed E-state index contributed by atoms with van der Waals surface area (Å²) < 4.78 is 5.50. The van der Waals surface area contributed by atoms with Crippen LogP contribution in [0.2, 0.25) is 0 Å². The molecule has 1 aromatic heterocycles. The summed E-state index contributed by atoms with van der Waals surface area (Å²) >= 11 is 0. The third kappa shape index (κ3) is 5.51. The number of anilines is 1. The molecular weight excluding hydrogens is 458 g/mol. The van der Waals surface area contributed by atoms with E-state index in [1.165, 1.54) is 7.11 Å². The minimum absolute atomic E-state index is 0.158. The SMILES string of the molecule is COc1c(C(=O)Nc2cnc(C)c(-c3ccc(C(C)N=O)cc3)c2)cc(C(C)(C)C)cc1C(N)=NO. The van der Waals surface area contributed by atoms with Crippen LogP contribution >= 0.6 is 0 Å². The van der Waals surface area contributed by atoms with Crippen LogP contribution in [0.4, 0.5) is 5.69 Å². The monoisotopic (exact) mass is 489 g/mol. The molecule has 0 saturated heterocycles. The second kappa shape index (κ2) is 10.6. The Labute approximate surface area is 210 Å². The molecule has 1 heterocycles. The van der Waals surface area contributed by atoms with Crippen LogP contribution in [-0.4, -0.2) is 29.0 Å². The van der Waals surface area contributed by atoms with Gasteiger partial charge in [-0.25, -0.2) is 0 Å². The number of oxime groups is 1. The molecule has 36 heavy (non-hydrogen) atoms. The Morgan fingerprint density at radius 2 is 1.78 bits per heavy atom. The van der Waals surface area contributed by atoms with Gasteiger partial charge in [0.15, 0.2) is 5.84 Å². The fourth-order valence-corrected chi connectivity index (χ4v) is 3.79. The standard InChI is InChI=1S/C27H31N5O4/c1-15(31-34)17-7-9-18(10-8-17)21-13-20(14-29-16(21)2)30-26(33)23-12-19(27(3,4)5)11-22(24(23)36-6)25(28)32-35/h7-15,35H,1-6H3,(H2,28,32)(H,30,33). The Hall–Kier alpha value is -4.27. The van der Waals surface area contributed by atoms with Gasteiger partial charge in [-0.2, -0.15) is 4.91 Å². The quantitative estimate of drug-likeness (QED) is 0.131. The van der Waals surface area contributed by atoms with Crippen LogP contribution in [0.15, 0.2) is 59.0 Å². The first-order valence-electron chi connectivity index (χ1n) is 11.4. The summed E-state index contributed by atoms with van der Waals surface area (Å²) in [6, 6.07) is 12.4. The van der Waals surface area contributed by atoms with Gasteiger partial charge in [0.2, 0.25) is 0 Å². The van der Waals surface area contributed by atoms with Crippen molar-refractivity contribution in [1.29, 1.82) is 0 Å². The third-order valence-electron chi connectivity index (χ3n) is 5.99. The molecule has 0 fully saturated rings. The van der Waals surface area contributed by atoms with Crippen molar-refractivity contribution in [3.63, 3.8) is 0 Å². The molecule has 188 valence electrons. The lowest BCUT2D eigenvalue weighted by Gasteiger charge is -2.23. The van der Waals surface area contributed by atoms with Crippen molar-refractivity contribution >= 4 is 17.4 Å². The molecule has 9 nitrogen and oxygen atoms in total. The number of ether oxygens (including phenoxy) is 1. The van der Waals surface area contributed by atoms with Gasteiger partial charge in [-0.05, 0) is 54.2 Å². The van der Waals surface area contributed by atoms with Crippen molar-refractivity contribution < 1.29 is 14.7 Å². The van der Waals surface area contributed by atoms with E-state index in [1.807, 2.05) is 58.0 Å². The van der Waals surface area contributed by atoms with Crippen molar-refractivity contribution in [3.8, 4) is 16.9 Å². The van der Waals surface area contributed by atoms with E-state index in [-0.39, 0.29) is 22.6 Å². The molecule has 9 heteroatoms. The molecule has 1 unspecified atom stereocenters. The summed E-state index contributed by atoms with van der Waals surface area (Å²) in [5.41, 5.74) is 10.8. The summed E-state index contributed by atoms with van der Waals surface area (Å²) in [6.45, 7) is 9.61. The van der Waals surface area contributed by atoms with Crippen molar-refractivity contribution in [2.45, 2.75) is 46.1 Å². The number of hydrogen-bond donors (Lipinski definition) is 3. The van der Waals surface area contributed by atoms with Gasteiger partial charge in [-0.3, -0.25) is 9.78 Å². The number of amides is 1. The van der Waals surface area contributed by atoms with Crippen LogP contribution in [0, 0.1) is 11.8 Å². The highest BCUT2D eigenvalue weighted by molar-refractivity contribution is 6.10. The maximum absolute atomic E-state index is 13.4. The minimum Gasteiger partial charge on any atom is -0.495 e. The average molecular weight is 490 g/mol. The normalized spacial score (nSPS) is 12.7. The molecule has 4 N–H and O–H groups in total. The summed E-state index contributed by atoms with van der Waals surface area (Å²) in [6.07, 6.45) is 1.58. The molecule has 2 aromatic carbocycles. The third-order valence-corrected chi connectivity index (χ3v) is 5.99. The van der Waals surface area contributed by atoms with Gasteiger partial charge >= 0.3 is 0 Å². The number of rotatable bonds is 7. The number of aromatic nitrogens is 1. The fourth-order valence-electron chi connectivity index (χ4n) is 3.79. The summed E-state index contributed by atoms with van der Waals surface area (Å²) in [5, 5.41) is 18.3. The Bertz CT molecular complexity index is 1310. The predicted molar refractivity (Wildman–Crippen MR) is 141 cm³/mol. The van der Waals surface area contributed by atoms with Crippen LogP contribution in [0.1, 0.15) is 66.5 Å². The second-order valence-corrected chi connectivity index (χ2v) is 9.55. The number of benzene rings is 2. The first-order chi connectivity index (χ1) is 17.0. The first-order valence-corrected chi connectivity index (χ1v) is 11.4. The molecule has 0 aliphatic carbocycles. The van der Waals surface area contributed by atoms with E-state index in [0.29, 0.717) is 11.3 Å². The molecule has 0 aliphatic rings. The maximum atomic E-state index is 13.4. The lowest BCUT2D eigenvalue weighted by molar-refractivity contribution is 0.102. The van der Waals surface area contributed by atoms with Gasteiger partial charge < -0.3 is 21.0 Å². The maximum Gasteiger partial charge on any atom is 0.259 e. The summed E-state index contributed by atoms with van der Waals surface area (Å²) in [7, 11) is 1.42. The van der Waals surface area contributed by atoms with Crippen molar-refractivity contribution in [2.24, 2.45) is 16.1 Å². The largest absolute Gasteiger partial charge is 0.495 e. The minimum atomic E-state index is -0.433. The fraction of sp³-hybridized carbons (Fsp3) is 0.296. The Morgan fingerprint density at radius 3 is 2.33 bits per heavy atom. The lowest BCUT2D eigenvalue weighted by Crippen LogP contribution is -2.22. The molecule has 0 saturated carbocycles. The molecular formula is C27H31N5O4. The van der Waals surface area contributed by atoms with Gasteiger partial charge in [0, 0.05) is 11.3 Å². The zero-order valence-corrected chi connectivity index (χ0v) is 21.3. The first kappa shape index (κ1) is 26.3. The summed E-state index contributed by atoms with van der Waals surface area (Å²) in [5.74, 6) is -0.388. The van der Waals surface area contributed by atoms with E-state index in [0.717, 1.165) is 27.9 Å². The summed E-state index contributed by atoms with van der Waals surface area (Å²) in [4.78, 5) is 28.7. The van der Waals surface area contributed by atoms with E-state index >= 15 is 0 Å². The number of methoxy groups -OCH3 is 1. The number of pyridine rings is 1. The molecule has 0 radical (unpaired) electrons. The number of carbonyl (C=O) groups excluding carboxylic acids is 1. The Morgan fingerprint density at radius 1 is 1.14 bits per heavy atom. The number of hydrogen-bond acceptors (Lipinski definition) is 7. The van der Waals surface area contributed by atoms with Crippen LogP contribution in [-0.2, 0) is 5.41 Å². The van der Waals surface area contributed by atoms with Gasteiger partial charge in [-0.1, -0.05) is 55.4 Å². The van der Waals surface area contributed by atoms with Crippen LogP contribution in [0.25, 0.3) is 11.1 Å². The van der Waals surface area contributed by atoms with Crippen molar-refractivity contribution in [3.05, 3.63) is 81.5 Å². The van der Waals surface area contributed by atoms with E-state index < -0.39 is 11.9 Å². The van der Waals surface area contributed by atoms with E-state index in [2.05, 4.69) is 20.6 Å². The zero-order chi connectivity index (χ0) is 26.6.